The van der Waals surface area contributed by atoms with Gasteiger partial charge in [-0.2, -0.15) is 0 Å². The van der Waals surface area contributed by atoms with E-state index in [2.05, 4.69) is 31.9 Å². The van der Waals surface area contributed by atoms with E-state index in [1.54, 1.807) is 24.3 Å². The van der Waals surface area contributed by atoms with Gasteiger partial charge in [-0.05, 0) is 35.9 Å². The summed E-state index contributed by atoms with van der Waals surface area (Å²) < 4.78 is 14.4. The van der Waals surface area contributed by atoms with Crippen LogP contribution in [0.3, 0.4) is 0 Å². The van der Waals surface area contributed by atoms with Crippen molar-refractivity contribution in [3.63, 3.8) is 0 Å². The summed E-state index contributed by atoms with van der Waals surface area (Å²) in [5.41, 5.74) is 7.42. The minimum Gasteiger partial charge on any atom is -0.398 e. The SMILES string of the molecule is Nc1ccc(Br)cc1C(=O)Cc1ccc(F)cc1Br. The van der Waals surface area contributed by atoms with Gasteiger partial charge in [0, 0.05) is 26.6 Å². The molecule has 0 aliphatic rings. The summed E-state index contributed by atoms with van der Waals surface area (Å²) in [6.07, 6.45) is 0.168. The number of rotatable bonds is 3. The number of hydrogen-bond donors (Lipinski definition) is 1. The maximum atomic E-state index is 13.0. The van der Waals surface area contributed by atoms with Crippen LogP contribution in [0.2, 0.25) is 0 Å². The van der Waals surface area contributed by atoms with Gasteiger partial charge in [0.05, 0.1) is 0 Å². The van der Waals surface area contributed by atoms with Crippen LogP contribution in [0.5, 0.6) is 0 Å². The number of anilines is 1. The Balaban J connectivity index is 2.28. The average Bonchev–Trinajstić information content (AvgIpc) is 2.35. The molecule has 0 radical (unpaired) electrons. The number of benzene rings is 2. The van der Waals surface area contributed by atoms with Crippen molar-refractivity contribution in [1.29, 1.82) is 0 Å². The molecule has 2 aromatic rings. The number of carbonyl (C=O) groups excluding carboxylic acids is 1. The molecule has 0 fully saturated rings. The highest BCUT2D eigenvalue weighted by molar-refractivity contribution is 9.10. The predicted molar refractivity (Wildman–Crippen MR) is 80.7 cm³/mol. The number of Topliss-reactive ketones (excluding diaryl/α,β-unsaturated/α-hetero) is 1. The van der Waals surface area contributed by atoms with Gasteiger partial charge in [-0.25, -0.2) is 4.39 Å². The first kappa shape index (κ1) is 14.2. The molecule has 0 bridgehead atoms. The normalized spacial score (nSPS) is 10.5. The Bertz CT molecular complexity index is 643. The Labute approximate surface area is 127 Å². The molecule has 0 aromatic heterocycles. The van der Waals surface area contributed by atoms with E-state index >= 15 is 0 Å². The quantitative estimate of drug-likeness (QED) is 0.629. The van der Waals surface area contributed by atoms with Crippen LogP contribution < -0.4 is 5.73 Å². The van der Waals surface area contributed by atoms with Crippen molar-refractivity contribution in [3.05, 3.63) is 62.3 Å². The van der Waals surface area contributed by atoms with Crippen molar-refractivity contribution in [2.24, 2.45) is 0 Å². The molecule has 0 spiro atoms. The summed E-state index contributed by atoms with van der Waals surface area (Å²) >= 11 is 6.56. The highest BCUT2D eigenvalue weighted by Gasteiger charge is 2.13. The van der Waals surface area contributed by atoms with E-state index in [4.69, 9.17) is 5.73 Å². The van der Waals surface area contributed by atoms with Gasteiger partial charge >= 0.3 is 0 Å². The lowest BCUT2D eigenvalue weighted by atomic mass is 10.0. The van der Waals surface area contributed by atoms with Crippen molar-refractivity contribution in [3.8, 4) is 0 Å². The molecule has 2 N–H and O–H groups in total. The van der Waals surface area contributed by atoms with Crippen molar-refractivity contribution >= 4 is 43.3 Å². The van der Waals surface area contributed by atoms with Crippen LogP contribution in [-0.4, -0.2) is 5.78 Å². The zero-order valence-electron chi connectivity index (χ0n) is 9.79. The van der Waals surface area contributed by atoms with Gasteiger partial charge in [0.1, 0.15) is 5.82 Å². The number of nitrogens with two attached hydrogens (primary N) is 1. The third-order valence-electron chi connectivity index (χ3n) is 2.68. The Morgan fingerprint density at radius 3 is 2.58 bits per heavy atom. The molecule has 98 valence electrons. The number of hydrogen-bond acceptors (Lipinski definition) is 2. The summed E-state index contributed by atoms with van der Waals surface area (Å²) in [5.74, 6) is -0.448. The monoisotopic (exact) mass is 385 g/mol. The van der Waals surface area contributed by atoms with Gasteiger partial charge in [0.2, 0.25) is 0 Å². The second kappa shape index (κ2) is 5.84. The van der Waals surface area contributed by atoms with Crippen LogP contribution in [0.15, 0.2) is 45.3 Å². The second-order valence-corrected chi connectivity index (χ2v) is 5.84. The summed E-state index contributed by atoms with van der Waals surface area (Å²) in [5, 5.41) is 0. The predicted octanol–water partition coefficient (Wildman–Crippen LogP) is 4.36. The fourth-order valence-electron chi connectivity index (χ4n) is 1.70. The van der Waals surface area contributed by atoms with Gasteiger partial charge in [0.25, 0.3) is 0 Å². The molecule has 5 heteroatoms. The molecule has 0 heterocycles. The molecule has 0 unspecified atom stereocenters. The molecule has 0 atom stereocenters. The molecule has 0 aliphatic carbocycles. The van der Waals surface area contributed by atoms with E-state index in [0.717, 1.165) is 10.0 Å². The molecule has 2 nitrogen and oxygen atoms in total. The van der Waals surface area contributed by atoms with E-state index in [0.29, 0.717) is 15.7 Å². The summed E-state index contributed by atoms with van der Waals surface area (Å²) in [4.78, 5) is 12.2. The number of halogens is 3. The van der Waals surface area contributed by atoms with Crippen molar-refractivity contribution in [1.82, 2.24) is 0 Å². The number of carbonyl (C=O) groups is 1. The molecule has 0 saturated heterocycles. The van der Waals surface area contributed by atoms with E-state index in [9.17, 15) is 9.18 Å². The highest BCUT2D eigenvalue weighted by atomic mass is 79.9. The van der Waals surface area contributed by atoms with Gasteiger partial charge < -0.3 is 5.73 Å². The van der Waals surface area contributed by atoms with Crippen molar-refractivity contribution < 1.29 is 9.18 Å². The lowest BCUT2D eigenvalue weighted by molar-refractivity contribution is 0.0993. The molecule has 19 heavy (non-hydrogen) atoms. The lowest BCUT2D eigenvalue weighted by Crippen LogP contribution is -2.07. The van der Waals surface area contributed by atoms with Crippen LogP contribution in [0.25, 0.3) is 0 Å². The van der Waals surface area contributed by atoms with Crippen LogP contribution in [-0.2, 0) is 6.42 Å². The van der Waals surface area contributed by atoms with Gasteiger partial charge in [-0.3, -0.25) is 4.79 Å². The lowest BCUT2D eigenvalue weighted by Gasteiger charge is -2.07. The fourth-order valence-corrected chi connectivity index (χ4v) is 2.56. The summed E-state index contributed by atoms with van der Waals surface area (Å²) in [7, 11) is 0. The Morgan fingerprint density at radius 1 is 1.16 bits per heavy atom. The minimum atomic E-state index is -0.343. The maximum Gasteiger partial charge on any atom is 0.169 e. The van der Waals surface area contributed by atoms with Crippen molar-refractivity contribution in [2.45, 2.75) is 6.42 Å². The highest BCUT2D eigenvalue weighted by Crippen LogP contribution is 2.23. The summed E-state index contributed by atoms with van der Waals surface area (Å²) in [6.45, 7) is 0. The van der Waals surface area contributed by atoms with E-state index < -0.39 is 0 Å². The largest absolute Gasteiger partial charge is 0.398 e. The van der Waals surface area contributed by atoms with Gasteiger partial charge in [-0.15, -0.1) is 0 Å². The number of nitrogen functional groups attached to an aromatic ring is 1. The van der Waals surface area contributed by atoms with Crippen LogP contribution in [0.4, 0.5) is 10.1 Å². The van der Waals surface area contributed by atoms with Crippen LogP contribution in [0.1, 0.15) is 15.9 Å². The maximum absolute atomic E-state index is 13.0. The van der Waals surface area contributed by atoms with Gasteiger partial charge in [0.15, 0.2) is 5.78 Å². The van der Waals surface area contributed by atoms with Crippen LogP contribution >= 0.6 is 31.9 Å². The van der Waals surface area contributed by atoms with E-state index in [-0.39, 0.29) is 18.0 Å². The van der Waals surface area contributed by atoms with E-state index in [1.807, 2.05) is 0 Å². The standard InChI is InChI=1S/C14H10Br2FNO/c15-9-2-4-13(18)11(6-9)14(19)5-8-1-3-10(17)7-12(8)16/h1-4,6-7H,5,18H2. The zero-order valence-corrected chi connectivity index (χ0v) is 13.0. The third kappa shape index (κ3) is 3.42. The topological polar surface area (TPSA) is 43.1 Å². The minimum absolute atomic E-state index is 0.105. The molecule has 0 amide bonds. The first-order valence-corrected chi connectivity index (χ1v) is 7.08. The third-order valence-corrected chi connectivity index (χ3v) is 3.91. The molecule has 0 aliphatic heterocycles. The Kier molecular flexibility index (Phi) is 4.37. The zero-order chi connectivity index (χ0) is 14.0. The number of ketones is 1. The molecule has 2 aromatic carbocycles. The first-order valence-electron chi connectivity index (χ1n) is 5.49. The average molecular weight is 387 g/mol. The fraction of sp³-hybridized carbons (Fsp3) is 0.0714. The van der Waals surface area contributed by atoms with Crippen LogP contribution in [0, 0.1) is 5.82 Å². The Morgan fingerprint density at radius 2 is 1.89 bits per heavy atom. The van der Waals surface area contributed by atoms with E-state index in [1.165, 1.54) is 12.1 Å². The summed E-state index contributed by atoms with van der Waals surface area (Å²) in [6, 6.07) is 9.40. The van der Waals surface area contributed by atoms with Gasteiger partial charge in [-0.1, -0.05) is 37.9 Å². The second-order valence-electron chi connectivity index (χ2n) is 4.07. The molecule has 2 rings (SSSR count). The Hall–Kier alpha value is -1.20. The smallest absolute Gasteiger partial charge is 0.169 e. The first-order chi connectivity index (χ1) is 8.97. The molecular formula is C14H10Br2FNO. The molecule has 0 saturated carbocycles. The molecular weight excluding hydrogens is 377 g/mol. The van der Waals surface area contributed by atoms with Crippen molar-refractivity contribution in [2.75, 3.05) is 5.73 Å².